The number of rotatable bonds is 5. The van der Waals surface area contributed by atoms with Crippen molar-refractivity contribution in [1.82, 2.24) is 9.97 Å². The number of aromatic nitrogens is 2. The van der Waals surface area contributed by atoms with Crippen molar-refractivity contribution < 1.29 is 14.6 Å². The number of nitrogens with zero attached hydrogens (tertiary/aromatic N) is 2. The molecule has 0 saturated heterocycles. The number of carboxylic acid groups (broad SMARTS) is 1. The summed E-state index contributed by atoms with van der Waals surface area (Å²) in [5, 5.41) is 12.3. The van der Waals surface area contributed by atoms with Crippen LogP contribution in [0.5, 0.6) is 5.88 Å². The van der Waals surface area contributed by atoms with E-state index in [-0.39, 0.29) is 12.0 Å². The van der Waals surface area contributed by atoms with Gasteiger partial charge in [-0.1, -0.05) is 6.42 Å². The van der Waals surface area contributed by atoms with Crippen LogP contribution in [-0.4, -0.2) is 33.7 Å². The number of carboxylic acids is 1. The second-order valence-electron chi connectivity index (χ2n) is 4.73. The topological polar surface area (TPSA) is 84.3 Å². The summed E-state index contributed by atoms with van der Waals surface area (Å²) >= 11 is 0. The quantitative estimate of drug-likeness (QED) is 0.845. The Kier molecular flexibility index (Phi) is 4.19. The molecule has 1 saturated carbocycles. The first kappa shape index (κ1) is 13.6. The van der Waals surface area contributed by atoms with Gasteiger partial charge in [-0.3, -0.25) is 4.79 Å². The number of aliphatic carboxylic acids is 1. The van der Waals surface area contributed by atoms with Crippen molar-refractivity contribution in [2.75, 3.05) is 11.9 Å². The molecule has 1 aliphatic carbocycles. The van der Waals surface area contributed by atoms with Crippen LogP contribution in [0.2, 0.25) is 0 Å². The van der Waals surface area contributed by atoms with Gasteiger partial charge in [-0.25, -0.2) is 4.98 Å². The zero-order valence-corrected chi connectivity index (χ0v) is 11.2. The van der Waals surface area contributed by atoms with Gasteiger partial charge in [0, 0.05) is 17.8 Å². The minimum Gasteiger partial charge on any atom is -0.481 e. The fraction of sp³-hybridized carbons (Fsp3) is 0.615. The number of hydrogen-bond acceptors (Lipinski definition) is 5. The molecule has 0 amide bonds. The Hall–Kier alpha value is -1.85. The van der Waals surface area contributed by atoms with Crippen LogP contribution in [0, 0.1) is 12.8 Å². The van der Waals surface area contributed by atoms with Crippen molar-refractivity contribution in [2.24, 2.45) is 5.92 Å². The SMILES string of the molecule is CCOc1cc(C)nc(NC2CCCC2C(=O)O)n1. The third-order valence-electron chi connectivity index (χ3n) is 3.27. The lowest BCUT2D eigenvalue weighted by Gasteiger charge is -2.18. The van der Waals surface area contributed by atoms with E-state index in [4.69, 9.17) is 9.84 Å². The van der Waals surface area contributed by atoms with Gasteiger partial charge >= 0.3 is 5.97 Å². The van der Waals surface area contributed by atoms with Gasteiger partial charge in [-0.15, -0.1) is 0 Å². The minimum absolute atomic E-state index is 0.103. The molecule has 2 N–H and O–H groups in total. The van der Waals surface area contributed by atoms with Crippen molar-refractivity contribution in [2.45, 2.75) is 39.2 Å². The van der Waals surface area contributed by atoms with Crippen LogP contribution < -0.4 is 10.1 Å². The van der Waals surface area contributed by atoms with E-state index in [1.807, 2.05) is 13.8 Å². The fourth-order valence-electron chi connectivity index (χ4n) is 2.42. The Morgan fingerprint density at radius 3 is 3.00 bits per heavy atom. The molecule has 0 spiro atoms. The highest BCUT2D eigenvalue weighted by atomic mass is 16.5. The first-order chi connectivity index (χ1) is 9.10. The number of ether oxygens (including phenoxy) is 1. The van der Waals surface area contributed by atoms with Gasteiger partial charge in [-0.05, 0) is 26.7 Å². The van der Waals surface area contributed by atoms with Gasteiger partial charge in [-0.2, -0.15) is 4.98 Å². The second-order valence-corrected chi connectivity index (χ2v) is 4.73. The van der Waals surface area contributed by atoms with Crippen molar-refractivity contribution in [3.05, 3.63) is 11.8 Å². The highest BCUT2D eigenvalue weighted by molar-refractivity contribution is 5.72. The molecule has 2 unspecified atom stereocenters. The van der Waals surface area contributed by atoms with Gasteiger partial charge in [0.15, 0.2) is 0 Å². The maximum Gasteiger partial charge on any atom is 0.308 e. The van der Waals surface area contributed by atoms with Crippen LogP contribution in [0.1, 0.15) is 31.9 Å². The molecule has 6 heteroatoms. The van der Waals surface area contributed by atoms with Crippen LogP contribution >= 0.6 is 0 Å². The molecule has 104 valence electrons. The smallest absolute Gasteiger partial charge is 0.308 e. The van der Waals surface area contributed by atoms with Crippen LogP contribution in [0.4, 0.5) is 5.95 Å². The first-order valence-electron chi connectivity index (χ1n) is 6.58. The van der Waals surface area contributed by atoms with E-state index < -0.39 is 5.97 Å². The summed E-state index contributed by atoms with van der Waals surface area (Å²) < 4.78 is 5.36. The van der Waals surface area contributed by atoms with E-state index in [1.165, 1.54) is 0 Å². The van der Waals surface area contributed by atoms with Gasteiger partial charge in [0.05, 0.1) is 12.5 Å². The van der Waals surface area contributed by atoms with Gasteiger partial charge in [0.2, 0.25) is 11.8 Å². The molecule has 0 aliphatic heterocycles. The summed E-state index contributed by atoms with van der Waals surface area (Å²) in [6.45, 7) is 4.29. The highest BCUT2D eigenvalue weighted by Gasteiger charge is 2.33. The Morgan fingerprint density at radius 2 is 2.32 bits per heavy atom. The molecular formula is C13H19N3O3. The number of carbonyl (C=O) groups is 1. The van der Waals surface area contributed by atoms with E-state index in [0.29, 0.717) is 24.9 Å². The predicted molar refractivity (Wildman–Crippen MR) is 70.3 cm³/mol. The third kappa shape index (κ3) is 3.33. The summed E-state index contributed by atoms with van der Waals surface area (Å²) in [6.07, 6.45) is 2.45. The first-order valence-corrected chi connectivity index (χ1v) is 6.58. The van der Waals surface area contributed by atoms with Crippen LogP contribution in [-0.2, 0) is 4.79 Å². The monoisotopic (exact) mass is 265 g/mol. The van der Waals surface area contributed by atoms with Gasteiger partial charge in [0.1, 0.15) is 0 Å². The normalized spacial score (nSPS) is 22.2. The molecule has 1 heterocycles. The zero-order chi connectivity index (χ0) is 13.8. The maximum atomic E-state index is 11.1. The van der Waals surface area contributed by atoms with Crippen LogP contribution in [0.15, 0.2) is 6.07 Å². The molecule has 0 aromatic carbocycles. The summed E-state index contributed by atoms with van der Waals surface area (Å²) in [5.74, 6) is -0.156. The van der Waals surface area contributed by atoms with Crippen LogP contribution in [0.3, 0.4) is 0 Å². The standard InChI is InChI=1S/C13H19N3O3/c1-3-19-11-7-8(2)14-13(16-11)15-10-6-4-5-9(10)12(17)18/h7,9-10H,3-6H2,1-2H3,(H,17,18)(H,14,15,16). The van der Waals surface area contributed by atoms with E-state index in [2.05, 4.69) is 15.3 Å². The molecule has 6 nitrogen and oxygen atoms in total. The summed E-state index contributed by atoms with van der Waals surface area (Å²) in [5.41, 5.74) is 0.797. The molecule has 1 aromatic heterocycles. The molecule has 0 radical (unpaired) electrons. The van der Waals surface area contributed by atoms with Gasteiger partial charge in [0.25, 0.3) is 0 Å². The molecule has 1 aromatic rings. The fourth-order valence-corrected chi connectivity index (χ4v) is 2.42. The van der Waals surface area contributed by atoms with Crippen molar-refractivity contribution in [3.8, 4) is 5.88 Å². The zero-order valence-electron chi connectivity index (χ0n) is 11.2. The minimum atomic E-state index is -0.757. The van der Waals surface area contributed by atoms with Crippen molar-refractivity contribution in [3.63, 3.8) is 0 Å². The Balaban J connectivity index is 2.12. The molecule has 1 aliphatic rings. The molecule has 0 bridgehead atoms. The summed E-state index contributed by atoms with van der Waals surface area (Å²) in [7, 11) is 0. The molecule has 1 fully saturated rings. The molecule has 2 rings (SSSR count). The largest absolute Gasteiger partial charge is 0.481 e. The second kappa shape index (κ2) is 5.86. The summed E-state index contributed by atoms with van der Waals surface area (Å²) in [4.78, 5) is 19.7. The Morgan fingerprint density at radius 1 is 1.53 bits per heavy atom. The van der Waals surface area contributed by atoms with E-state index in [0.717, 1.165) is 18.5 Å². The summed E-state index contributed by atoms with van der Waals surface area (Å²) in [6, 6.07) is 1.66. The van der Waals surface area contributed by atoms with E-state index >= 15 is 0 Å². The van der Waals surface area contributed by atoms with E-state index in [9.17, 15) is 4.79 Å². The average molecular weight is 265 g/mol. The Labute approximate surface area is 112 Å². The maximum absolute atomic E-state index is 11.1. The average Bonchev–Trinajstić information content (AvgIpc) is 2.76. The van der Waals surface area contributed by atoms with E-state index in [1.54, 1.807) is 6.07 Å². The molecule has 2 atom stereocenters. The lowest BCUT2D eigenvalue weighted by Crippen LogP contribution is -2.30. The number of aryl methyl sites for hydroxylation is 1. The Bertz CT molecular complexity index is 464. The lowest BCUT2D eigenvalue weighted by molar-refractivity contribution is -0.141. The highest BCUT2D eigenvalue weighted by Crippen LogP contribution is 2.28. The van der Waals surface area contributed by atoms with Gasteiger partial charge < -0.3 is 15.2 Å². The molecular weight excluding hydrogens is 246 g/mol. The lowest BCUT2D eigenvalue weighted by atomic mass is 10.0. The number of nitrogens with one attached hydrogen (secondary N) is 1. The van der Waals surface area contributed by atoms with Crippen LogP contribution in [0.25, 0.3) is 0 Å². The third-order valence-corrected chi connectivity index (χ3v) is 3.27. The van der Waals surface area contributed by atoms with Crippen molar-refractivity contribution >= 4 is 11.9 Å². The number of anilines is 1. The molecule has 19 heavy (non-hydrogen) atoms. The van der Waals surface area contributed by atoms with Crippen molar-refractivity contribution in [1.29, 1.82) is 0 Å². The number of hydrogen-bond donors (Lipinski definition) is 2. The predicted octanol–water partition coefficient (Wildman–Crippen LogP) is 1.85.